The van der Waals surface area contributed by atoms with Crippen molar-refractivity contribution in [3.05, 3.63) is 23.8 Å². The van der Waals surface area contributed by atoms with Crippen LogP contribution in [0.25, 0.3) is 0 Å². The molecular formula is C11H19ClN4O2. The Bertz CT molecular complexity index is 363. The molecule has 0 saturated carbocycles. The lowest BCUT2D eigenvalue weighted by atomic mass is 10.2. The summed E-state index contributed by atoms with van der Waals surface area (Å²) in [7, 11) is 1.65. The van der Waals surface area contributed by atoms with Crippen LogP contribution in [0, 0.1) is 6.92 Å². The molecular weight excluding hydrogens is 256 g/mol. The van der Waals surface area contributed by atoms with Gasteiger partial charge in [-0.2, -0.15) is 0 Å². The molecule has 6 nitrogen and oxygen atoms in total. The maximum Gasteiger partial charge on any atom is 0.254 e. The number of nitrogens with zero attached hydrogens (tertiary/aromatic N) is 2. The van der Waals surface area contributed by atoms with E-state index in [1.807, 2.05) is 0 Å². The van der Waals surface area contributed by atoms with Crippen LogP contribution in [0.2, 0.25) is 0 Å². The molecule has 0 aliphatic rings. The van der Waals surface area contributed by atoms with E-state index in [1.54, 1.807) is 14.0 Å². The number of ether oxygens (including phenoxy) is 1. The van der Waals surface area contributed by atoms with Crippen molar-refractivity contribution in [1.82, 2.24) is 20.6 Å². The predicted molar refractivity (Wildman–Crippen MR) is 71.1 cm³/mol. The van der Waals surface area contributed by atoms with Gasteiger partial charge in [0.15, 0.2) is 0 Å². The summed E-state index contributed by atoms with van der Waals surface area (Å²) in [6.07, 6.45) is 2.95. The van der Waals surface area contributed by atoms with Gasteiger partial charge >= 0.3 is 0 Å². The van der Waals surface area contributed by atoms with Crippen molar-refractivity contribution in [2.45, 2.75) is 6.92 Å². The molecule has 0 radical (unpaired) electrons. The van der Waals surface area contributed by atoms with Crippen molar-refractivity contribution >= 4 is 18.3 Å². The molecule has 0 saturated heterocycles. The van der Waals surface area contributed by atoms with E-state index in [-0.39, 0.29) is 18.3 Å². The van der Waals surface area contributed by atoms with Crippen LogP contribution >= 0.6 is 12.4 Å². The molecule has 0 aromatic carbocycles. The predicted octanol–water partition coefficient (Wildman–Crippen LogP) is 0.173. The van der Waals surface area contributed by atoms with E-state index in [4.69, 9.17) is 4.74 Å². The van der Waals surface area contributed by atoms with Crippen molar-refractivity contribution in [2.24, 2.45) is 0 Å². The number of hydrogen-bond donors (Lipinski definition) is 2. The summed E-state index contributed by atoms with van der Waals surface area (Å²) in [5.41, 5.74) is 1.20. The van der Waals surface area contributed by atoms with Crippen LogP contribution in [0.3, 0.4) is 0 Å². The molecule has 1 aromatic rings. The zero-order valence-electron chi connectivity index (χ0n) is 10.6. The first-order valence-electron chi connectivity index (χ1n) is 5.50. The Kier molecular flexibility index (Phi) is 9.08. The van der Waals surface area contributed by atoms with Crippen LogP contribution in [0.5, 0.6) is 0 Å². The quantitative estimate of drug-likeness (QED) is 0.694. The van der Waals surface area contributed by atoms with Gasteiger partial charge < -0.3 is 15.4 Å². The van der Waals surface area contributed by atoms with E-state index in [2.05, 4.69) is 20.6 Å². The second-order valence-corrected chi connectivity index (χ2v) is 3.52. The Balaban J connectivity index is 0.00000289. The summed E-state index contributed by atoms with van der Waals surface area (Å²) in [5.74, 6) is -0.142. The molecule has 102 valence electrons. The highest BCUT2D eigenvalue weighted by Gasteiger charge is 2.08. The first-order chi connectivity index (χ1) is 8.25. The van der Waals surface area contributed by atoms with Crippen molar-refractivity contribution in [3.8, 4) is 0 Å². The highest BCUT2D eigenvalue weighted by atomic mass is 35.5. The second-order valence-electron chi connectivity index (χ2n) is 3.52. The van der Waals surface area contributed by atoms with Crippen molar-refractivity contribution in [1.29, 1.82) is 0 Å². The van der Waals surface area contributed by atoms with Gasteiger partial charge in [-0.25, -0.2) is 9.97 Å². The van der Waals surface area contributed by atoms with E-state index in [1.165, 1.54) is 12.5 Å². The fourth-order valence-corrected chi connectivity index (χ4v) is 1.27. The summed E-state index contributed by atoms with van der Waals surface area (Å²) in [5, 5.41) is 5.93. The van der Waals surface area contributed by atoms with Gasteiger partial charge in [0.25, 0.3) is 5.91 Å². The van der Waals surface area contributed by atoms with Gasteiger partial charge in [0, 0.05) is 32.9 Å². The van der Waals surface area contributed by atoms with E-state index in [0.29, 0.717) is 31.0 Å². The SMILES string of the molecule is COCCNCCNC(=O)c1cncnc1C.Cl. The number of amides is 1. The first-order valence-corrected chi connectivity index (χ1v) is 5.50. The third kappa shape index (κ3) is 5.90. The number of hydrogen-bond acceptors (Lipinski definition) is 5. The number of methoxy groups -OCH3 is 1. The molecule has 2 N–H and O–H groups in total. The van der Waals surface area contributed by atoms with Crippen LogP contribution in [-0.2, 0) is 4.74 Å². The number of nitrogens with one attached hydrogen (secondary N) is 2. The molecule has 18 heavy (non-hydrogen) atoms. The number of halogens is 1. The maximum absolute atomic E-state index is 11.7. The van der Waals surface area contributed by atoms with Crippen LogP contribution in [-0.4, -0.2) is 49.2 Å². The fraction of sp³-hybridized carbons (Fsp3) is 0.545. The standard InChI is InChI=1S/C11H18N4O2.ClH/c1-9-10(7-13-8-15-9)11(16)14-4-3-12-5-6-17-2;/h7-8,12H,3-6H2,1-2H3,(H,14,16);1H. The van der Waals surface area contributed by atoms with Gasteiger partial charge in [0.05, 0.1) is 17.9 Å². The van der Waals surface area contributed by atoms with Crippen molar-refractivity contribution in [3.63, 3.8) is 0 Å². The number of carbonyl (C=O) groups is 1. The minimum Gasteiger partial charge on any atom is -0.383 e. The van der Waals surface area contributed by atoms with Gasteiger partial charge in [0.2, 0.25) is 0 Å². The van der Waals surface area contributed by atoms with Gasteiger partial charge in [-0.05, 0) is 6.92 Å². The molecule has 7 heteroatoms. The maximum atomic E-state index is 11.7. The minimum atomic E-state index is -0.142. The largest absolute Gasteiger partial charge is 0.383 e. The van der Waals surface area contributed by atoms with Crippen molar-refractivity contribution in [2.75, 3.05) is 33.4 Å². The summed E-state index contributed by atoms with van der Waals surface area (Å²) in [4.78, 5) is 19.5. The molecule has 0 aliphatic heterocycles. The molecule has 0 bridgehead atoms. The lowest BCUT2D eigenvalue weighted by Crippen LogP contribution is -2.33. The Morgan fingerprint density at radius 2 is 2.17 bits per heavy atom. The zero-order valence-corrected chi connectivity index (χ0v) is 11.4. The molecule has 0 fully saturated rings. The summed E-state index contributed by atoms with van der Waals surface area (Å²) in [6.45, 7) is 4.51. The molecule has 0 unspecified atom stereocenters. The Labute approximate surface area is 113 Å². The van der Waals surface area contributed by atoms with Crippen LogP contribution < -0.4 is 10.6 Å². The van der Waals surface area contributed by atoms with Crippen LogP contribution in [0.15, 0.2) is 12.5 Å². The molecule has 1 aromatic heterocycles. The highest BCUT2D eigenvalue weighted by molar-refractivity contribution is 5.94. The Morgan fingerprint density at radius 3 is 2.83 bits per heavy atom. The lowest BCUT2D eigenvalue weighted by molar-refractivity contribution is 0.0952. The fourth-order valence-electron chi connectivity index (χ4n) is 1.27. The lowest BCUT2D eigenvalue weighted by Gasteiger charge is -2.07. The van der Waals surface area contributed by atoms with E-state index in [9.17, 15) is 4.79 Å². The molecule has 0 atom stereocenters. The van der Waals surface area contributed by atoms with Crippen molar-refractivity contribution < 1.29 is 9.53 Å². The topological polar surface area (TPSA) is 76.1 Å². The number of aromatic nitrogens is 2. The zero-order chi connectivity index (χ0) is 12.5. The summed E-state index contributed by atoms with van der Waals surface area (Å²) >= 11 is 0. The second kappa shape index (κ2) is 9.76. The Morgan fingerprint density at radius 1 is 1.39 bits per heavy atom. The van der Waals surface area contributed by atoms with Gasteiger partial charge in [-0.15, -0.1) is 12.4 Å². The van der Waals surface area contributed by atoms with Gasteiger partial charge in [0.1, 0.15) is 6.33 Å². The smallest absolute Gasteiger partial charge is 0.254 e. The van der Waals surface area contributed by atoms with Crippen LogP contribution in [0.4, 0.5) is 0 Å². The number of carbonyl (C=O) groups excluding carboxylic acids is 1. The van der Waals surface area contributed by atoms with E-state index in [0.717, 1.165) is 6.54 Å². The summed E-state index contributed by atoms with van der Waals surface area (Å²) in [6, 6.07) is 0. The third-order valence-corrected chi connectivity index (χ3v) is 2.23. The molecule has 0 aliphatic carbocycles. The monoisotopic (exact) mass is 274 g/mol. The highest BCUT2D eigenvalue weighted by Crippen LogP contribution is 2.00. The third-order valence-electron chi connectivity index (χ3n) is 2.23. The summed E-state index contributed by atoms with van der Waals surface area (Å²) < 4.78 is 4.89. The molecule has 0 spiro atoms. The minimum absolute atomic E-state index is 0. The van der Waals surface area contributed by atoms with Crippen LogP contribution in [0.1, 0.15) is 16.1 Å². The van der Waals surface area contributed by atoms with Gasteiger partial charge in [-0.3, -0.25) is 4.79 Å². The molecule has 1 amide bonds. The molecule has 1 heterocycles. The van der Waals surface area contributed by atoms with Gasteiger partial charge in [-0.1, -0.05) is 0 Å². The first kappa shape index (κ1) is 16.8. The van der Waals surface area contributed by atoms with E-state index < -0.39 is 0 Å². The number of aryl methyl sites for hydroxylation is 1. The average Bonchev–Trinajstić information content (AvgIpc) is 2.34. The Hall–Kier alpha value is -1.24. The van der Waals surface area contributed by atoms with E-state index >= 15 is 0 Å². The molecule has 1 rings (SSSR count). The normalized spacial score (nSPS) is 9.67. The average molecular weight is 275 g/mol. The number of rotatable bonds is 7.